The molecule has 11 nitrogen and oxygen atoms in total. The number of aromatic amines is 1. The van der Waals surface area contributed by atoms with Gasteiger partial charge in [0.2, 0.25) is 11.5 Å². The molecule has 0 spiro atoms. The molecule has 1 aliphatic rings. The van der Waals surface area contributed by atoms with E-state index in [2.05, 4.69) is 40.3 Å². The standard InChI is InChI=1S/C54H60N4O7/c1-37(15-26-49(60)46-24-27-50(61)53-47(46)25-28-51(62)56-53)35-40-10-8-9-39(36-40)19-23-43(59)22-18-38-16-20-42(21-17-38)57(2)52(63)31-34-58-32-29-44(30-33-58)65-54(64)55-48-14-7-6-13-45(48)41-11-4-3-5-12-41/h3-14,16-17,20-21,24-25,27-28,36-37,44,49,60-61H,15,18-19,22-23,26,29-35H2,1-2H3,(H,55,64)(H,56,62)/t37-,49+/m1/s1. The van der Waals surface area contributed by atoms with Gasteiger partial charge in [-0.15, -0.1) is 0 Å². The van der Waals surface area contributed by atoms with Crippen molar-refractivity contribution in [1.29, 1.82) is 0 Å². The van der Waals surface area contributed by atoms with Gasteiger partial charge in [-0.25, -0.2) is 4.79 Å². The molecule has 1 fully saturated rings. The Bertz CT molecular complexity index is 2600. The van der Waals surface area contributed by atoms with E-state index in [0.717, 1.165) is 53.9 Å². The van der Waals surface area contributed by atoms with Gasteiger partial charge in [0.25, 0.3) is 0 Å². The third-order valence-corrected chi connectivity index (χ3v) is 12.6. The van der Waals surface area contributed by atoms with Crippen LogP contribution in [0.1, 0.15) is 80.2 Å². The number of anilines is 2. The highest BCUT2D eigenvalue weighted by Gasteiger charge is 2.24. The molecule has 1 aromatic heterocycles. The number of nitrogens with zero attached hydrogens (tertiary/aromatic N) is 2. The first-order valence-electron chi connectivity index (χ1n) is 22.8. The number of ketones is 1. The molecule has 0 bridgehead atoms. The topological polar surface area (TPSA) is 152 Å². The molecule has 0 radical (unpaired) electrons. The Balaban J connectivity index is 0.775. The Morgan fingerprint density at radius 3 is 2.28 bits per heavy atom. The second-order valence-electron chi connectivity index (χ2n) is 17.4. The molecule has 5 aromatic carbocycles. The average Bonchev–Trinajstić information content (AvgIpc) is 3.32. The molecule has 0 unspecified atom stereocenters. The number of Topliss-reactive ketones (excluding diaryl/α,β-unsaturated/α-hetero) is 1. The molecule has 1 aliphatic heterocycles. The Labute approximate surface area is 381 Å². The molecule has 4 N–H and O–H groups in total. The number of aromatic hydroxyl groups is 1. The fourth-order valence-corrected chi connectivity index (χ4v) is 8.71. The number of carbonyl (C=O) groups is 3. The van der Waals surface area contributed by atoms with Crippen LogP contribution in [0.3, 0.4) is 0 Å². The number of aliphatic hydroxyl groups is 1. The third-order valence-electron chi connectivity index (χ3n) is 12.6. The van der Waals surface area contributed by atoms with Crippen molar-refractivity contribution in [2.24, 2.45) is 5.92 Å². The number of hydrogen-bond donors (Lipinski definition) is 4. The number of H-pyrrole nitrogens is 1. The molecule has 0 aliphatic carbocycles. The minimum atomic E-state index is -0.731. The summed E-state index contributed by atoms with van der Waals surface area (Å²) in [5.74, 6) is 0.524. The minimum Gasteiger partial charge on any atom is -0.506 e. The lowest BCUT2D eigenvalue weighted by molar-refractivity contribution is -0.119. The number of aryl methyl sites for hydroxylation is 2. The smallest absolute Gasteiger partial charge is 0.411 e. The maximum absolute atomic E-state index is 13.2. The number of para-hydroxylation sites is 1. The van der Waals surface area contributed by atoms with E-state index < -0.39 is 12.2 Å². The number of aromatic nitrogens is 1. The number of rotatable bonds is 19. The number of nitrogens with one attached hydrogen (secondary N) is 2. The van der Waals surface area contributed by atoms with Crippen molar-refractivity contribution < 1.29 is 29.3 Å². The van der Waals surface area contributed by atoms with Gasteiger partial charge < -0.3 is 29.7 Å². The van der Waals surface area contributed by atoms with E-state index >= 15 is 0 Å². The summed E-state index contributed by atoms with van der Waals surface area (Å²) in [4.78, 5) is 57.3. The largest absolute Gasteiger partial charge is 0.506 e. The molecular formula is C54H60N4O7. The number of piperidine rings is 1. The molecule has 6 aromatic rings. The Morgan fingerprint density at radius 2 is 1.51 bits per heavy atom. The van der Waals surface area contributed by atoms with Gasteiger partial charge in [-0.1, -0.05) is 97.9 Å². The molecular weight excluding hydrogens is 817 g/mol. The van der Waals surface area contributed by atoms with Crippen LogP contribution >= 0.6 is 0 Å². The van der Waals surface area contributed by atoms with Crippen LogP contribution in [0.2, 0.25) is 0 Å². The molecule has 338 valence electrons. The number of carbonyl (C=O) groups excluding carboxylic acids is 3. The van der Waals surface area contributed by atoms with Crippen LogP contribution in [0, 0.1) is 5.92 Å². The van der Waals surface area contributed by atoms with Gasteiger partial charge in [-0.2, -0.15) is 0 Å². The predicted octanol–water partition coefficient (Wildman–Crippen LogP) is 9.79. The third kappa shape index (κ3) is 13.0. The average molecular weight is 877 g/mol. The van der Waals surface area contributed by atoms with Gasteiger partial charge in [0, 0.05) is 68.6 Å². The minimum absolute atomic E-state index is 0.0237. The normalized spacial score (nSPS) is 14.1. The zero-order valence-electron chi connectivity index (χ0n) is 37.4. The number of phenolic OH excluding ortho intramolecular Hbond substituents is 1. The highest BCUT2D eigenvalue weighted by molar-refractivity contribution is 5.93. The monoisotopic (exact) mass is 876 g/mol. The highest BCUT2D eigenvalue weighted by atomic mass is 16.6. The summed E-state index contributed by atoms with van der Waals surface area (Å²) in [5, 5.41) is 24.8. The van der Waals surface area contributed by atoms with Crippen LogP contribution in [0.4, 0.5) is 16.2 Å². The number of pyridine rings is 1. The summed E-state index contributed by atoms with van der Waals surface area (Å²) in [7, 11) is 1.79. The first-order chi connectivity index (χ1) is 31.5. The lowest BCUT2D eigenvalue weighted by Crippen LogP contribution is -2.40. The lowest BCUT2D eigenvalue weighted by atomic mass is 9.91. The molecule has 0 saturated carbocycles. The fourth-order valence-electron chi connectivity index (χ4n) is 8.71. The van der Waals surface area contributed by atoms with Gasteiger partial charge >= 0.3 is 6.09 Å². The summed E-state index contributed by atoms with van der Waals surface area (Å²) in [6.07, 6.45) is 4.84. The van der Waals surface area contributed by atoms with Gasteiger partial charge in [-0.05, 0) is 109 Å². The highest BCUT2D eigenvalue weighted by Crippen LogP contribution is 2.32. The molecule has 1 saturated heterocycles. The lowest BCUT2D eigenvalue weighted by Gasteiger charge is -2.31. The van der Waals surface area contributed by atoms with Gasteiger partial charge in [0.15, 0.2) is 0 Å². The quantitative estimate of drug-likeness (QED) is 0.0628. The number of hydrogen-bond acceptors (Lipinski definition) is 8. The summed E-state index contributed by atoms with van der Waals surface area (Å²) in [6.45, 7) is 4.29. The zero-order chi connectivity index (χ0) is 45.7. The Kier molecular flexibility index (Phi) is 16.0. The first kappa shape index (κ1) is 46.4. The Morgan fingerprint density at radius 1 is 0.800 bits per heavy atom. The summed E-state index contributed by atoms with van der Waals surface area (Å²) < 4.78 is 5.79. The summed E-state index contributed by atoms with van der Waals surface area (Å²) in [6, 6.07) is 40.1. The van der Waals surface area contributed by atoms with Gasteiger partial charge in [0.05, 0.1) is 17.3 Å². The number of likely N-dealkylation sites (tertiary alicyclic amines) is 1. The van der Waals surface area contributed by atoms with Gasteiger partial charge in [0.1, 0.15) is 17.6 Å². The van der Waals surface area contributed by atoms with E-state index in [-0.39, 0.29) is 29.1 Å². The number of fused-ring (bicyclic) bond motifs is 1. The van der Waals surface area contributed by atoms with Crippen LogP contribution in [-0.4, -0.2) is 70.7 Å². The van der Waals surface area contributed by atoms with E-state index in [9.17, 15) is 29.4 Å². The number of phenols is 1. The van der Waals surface area contributed by atoms with E-state index in [4.69, 9.17) is 4.74 Å². The summed E-state index contributed by atoms with van der Waals surface area (Å²) in [5.41, 5.74) is 7.56. The predicted molar refractivity (Wildman–Crippen MR) is 257 cm³/mol. The number of benzene rings is 5. The first-order valence-corrected chi connectivity index (χ1v) is 22.8. The molecule has 2 heterocycles. The molecule has 2 amide bonds. The van der Waals surface area contributed by atoms with Crippen LogP contribution in [0.15, 0.2) is 132 Å². The number of aliphatic hydroxyl groups excluding tert-OH is 1. The van der Waals surface area contributed by atoms with E-state index in [0.29, 0.717) is 86.0 Å². The number of ether oxygens (including phenoxy) is 1. The van der Waals surface area contributed by atoms with Gasteiger partial charge in [-0.3, -0.25) is 19.7 Å². The van der Waals surface area contributed by atoms with Crippen molar-refractivity contribution in [1.82, 2.24) is 9.88 Å². The van der Waals surface area contributed by atoms with Crippen molar-refractivity contribution in [3.05, 3.63) is 160 Å². The maximum Gasteiger partial charge on any atom is 0.411 e. The zero-order valence-corrected chi connectivity index (χ0v) is 37.4. The van der Waals surface area contributed by atoms with Crippen molar-refractivity contribution in [3.8, 4) is 16.9 Å². The van der Waals surface area contributed by atoms with Crippen LogP contribution < -0.4 is 15.8 Å². The van der Waals surface area contributed by atoms with Crippen LogP contribution in [0.25, 0.3) is 22.0 Å². The molecule has 11 heteroatoms. The Hall–Kier alpha value is -6.56. The second-order valence-corrected chi connectivity index (χ2v) is 17.4. The SMILES string of the molecule is C[C@H](CC[C@H](O)c1ccc(O)c2[nH]c(=O)ccc12)Cc1cccc(CCC(=O)CCc2ccc(N(C)C(=O)CCN3CCC(OC(=O)Nc4ccccc4-c4ccccc4)CC3)cc2)c1. The van der Waals surface area contributed by atoms with E-state index in [1.807, 2.05) is 84.9 Å². The maximum atomic E-state index is 13.2. The molecule has 65 heavy (non-hydrogen) atoms. The summed E-state index contributed by atoms with van der Waals surface area (Å²) >= 11 is 0. The molecule has 2 atom stereocenters. The molecule has 7 rings (SSSR count). The van der Waals surface area contributed by atoms with Crippen molar-refractivity contribution in [2.75, 3.05) is 36.9 Å². The van der Waals surface area contributed by atoms with E-state index in [1.165, 1.54) is 17.7 Å². The van der Waals surface area contributed by atoms with Crippen molar-refractivity contribution >= 4 is 40.1 Å². The van der Waals surface area contributed by atoms with Crippen LogP contribution in [-0.2, 0) is 33.6 Å². The van der Waals surface area contributed by atoms with Crippen LogP contribution in [0.5, 0.6) is 5.75 Å². The van der Waals surface area contributed by atoms with E-state index in [1.54, 1.807) is 24.1 Å². The number of amides is 2. The van der Waals surface area contributed by atoms with Crippen molar-refractivity contribution in [3.63, 3.8) is 0 Å². The fraction of sp³-hybridized carbons (Fsp3) is 0.333. The second kappa shape index (κ2) is 22.4. The van der Waals surface area contributed by atoms with Crippen molar-refractivity contribution in [2.45, 2.75) is 83.3 Å².